The Labute approximate surface area is 167 Å². The highest BCUT2D eigenvalue weighted by molar-refractivity contribution is 6.06. The number of nitrogens with zero attached hydrogens (tertiary/aromatic N) is 1. The van der Waals surface area contributed by atoms with Crippen LogP contribution in [0, 0.1) is 5.82 Å². The first-order valence-corrected chi connectivity index (χ1v) is 9.63. The van der Waals surface area contributed by atoms with Crippen LogP contribution < -0.4 is 10.2 Å². The number of rotatable bonds is 4. The van der Waals surface area contributed by atoms with Gasteiger partial charge in [-0.15, -0.1) is 0 Å². The number of furan rings is 1. The van der Waals surface area contributed by atoms with E-state index in [1.165, 1.54) is 18.4 Å². The van der Waals surface area contributed by atoms with Crippen molar-refractivity contribution in [3.8, 4) is 0 Å². The van der Waals surface area contributed by atoms with E-state index in [1.54, 1.807) is 29.2 Å². The summed E-state index contributed by atoms with van der Waals surface area (Å²) in [5.74, 6) is -0.321. The topological polar surface area (TPSA) is 62.6 Å². The summed E-state index contributed by atoms with van der Waals surface area (Å²) in [4.78, 5) is 27.4. The molecule has 2 aliphatic rings. The molecule has 0 bridgehead atoms. The van der Waals surface area contributed by atoms with Gasteiger partial charge in [-0.1, -0.05) is 18.2 Å². The lowest BCUT2D eigenvalue weighted by molar-refractivity contribution is -0.118. The number of carbonyl (C=O) groups excluding carboxylic acids is 2. The van der Waals surface area contributed by atoms with Crippen LogP contribution in [0.3, 0.4) is 0 Å². The minimum absolute atomic E-state index is 0.106. The third-order valence-electron chi connectivity index (χ3n) is 5.80. The fourth-order valence-corrected chi connectivity index (χ4v) is 3.99. The Morgan fingerprint density at radius 3 is 2.55 bits per heavy atom. The first-order chi connectivity index (χ1) is 14.1. The van der Waals surface area contributed by atoms with Crippen LogP contribution in [0.2, 0.25) is 0 Å². The molecule has 0 unspecified atom stereocenters. The highest BCUT2D eigenvalue weighted by Crippen LogP contribution is 2.49. The van der Waals surface area contributed by atoms with Crippen LogP contribution in [0.25, 0.3) is 0 Å². The van der Waals surface area contributed by atoms with Gasteiger partial charge < -0.3 is 14.6 Å². The number of hydrogen-bond donors (Lipinski definition) is 1. The lowest BCUT2D eigenvalue weighted by atomic mass is 9.95. The minimum atomic E-state index is -0.601. The lowest BCUT2D eigenvalue weighted by Gasteiger charge is -2.19. The standard InChI is InChI=1S/C23H19FN2O3/c24-17-6-4-16(5-7-17)23(10-11-23)22(28)25-18-8-3-15-9-12-26(19(15)14-18)21(27)20-2-1-13-29-20/h1-8,13-14H,9-12H2,(H,25,28). The van der Waals surface area contributed by atoms with Gasteiger partial charge in [0.05, 0.1) is 11.7 Å². The van der Waals surface area contributed by atoms with E-state index in [4.69, 9.17) is 4.42 Å². The fraction of sp³-hybridized carbons (Fsp3) is 0.217. The molecular formula is C23H19FN2O3. The summed E-state index contributed by atoms with van der Waals surface area (Å²) in [5, 5.41) is 2.99. The maximum atomic E-state index is 13.2. The van der Waals surface area contributed by atoms with Crippen LogP contribution in [0.15, 0.2) is 65.3 Å². The van der Waals surface area contributed by atoms with Crippen LogP contribution in [0.1, 0.15) is 34.5 Å². The van der Waals surface area contributed by atoms with E-state index in [-0.39, 0.29) is 17.6 Å². The molecule has 2 amide bonds. The van der Waals surface area contributed by atoms with E-state index < -0.39 is 5.41 Å². The van der Waals surface area contributed by atoms with Crippen LogP contribution in [0.5, 0.6) is 0 Å². The van der Waals surface area contributed by atoms with Gasteiger partial charge in [0.25, 0.3) is 5.91 Å². The van der Waals surface area contributed by atoms with Crippen molar-refractivity contribution in [2.45, 2.75) is 24.7 Å². The number of hydrogen-bond acceptors (Lipinski definition) is 3. The Hall–Kier alpha value is -3.41. The quantitative estimate of drug-likeness (QED) is 0.723. The molecule has 6 heteroatoms. The van der Waals surface area contributed by atoms with Gasteiger partial charge in [0, 0.05) is 17.9 Å². The number of halogens is 1. The van der Waals surface area contributed by atoms with Crippen molar-refractivity contribution < 1.29 is 18.4 Å². The number of nitrogens with one attached hydrogen (secondary N) is 1. The van der Waals surface area contributed by atoms with Crippen molar-refractivity contribution in [3.63, 3.8) is 0 Å². The van der Waals surface area contributed by atoms with Gasteiger partial charge in [-0.3, -0.25) is 9.59 Å². The molecule has 1 aliphatic carbocycles. The number of amides is 2. The maximum absolute atomic E-state index is 13.2. The summed E-state index contributed by atoms with van der Waals surface area (Å²) in [6.07, 6.45) is 3.71. The molecule has 3 aromatic rings. The highest BCUT2D eigenvalue weighted by atomic mass is 19.1. The zero-order valence-electron chi connectivity index (χ0n) is 15.7. The molecule has 0 spiro atoms. The third-order valence-corrected chi connectivity index (χ3v) is 5.80. The Balaban J connectivity index is 1.38. The second kappa shape index (κ2) is 6.58. The van der Waals surface area contributed by atoms with Crippen molar-refractivity contribution in [2.75, 3.05) is 16.8 Å². The van der Waals surface area contributed by atoms with E-state index in [0.29, 0.717) is 18.0 Å². The largest absolute Gasteiger partial charge is 0.459 e. The summed E-state index contributed by atoms with van der Waals surface area (Å²) in [5.41, 5.74) is 2.71. The van der Waals surface area contributed by atoms with E-state index in [2.05, 4.69) is 5.32 Å². The molecule has 0 saturated heterocycles. The highest BCUT2D eigenvalue weighted by Gasteiger charge is 2.51. The predicted octanol–water partition coefficient (Wildman–Crippen LogP) is 4.29. The van der Waals surface area contributed by atoms with E-state index in [9.17, 15) is 14.0 Å². The van der Waals surface area contributed by atoms with Gasteiger partial charge in [-0.05, 0) is 66.8 Å². The third kappa shape index (κ3) is 3.01. The van der Waals surface area contributed by atoms with Gasteiger partial charge in [0.15, 0.2) is 5.76 Å². The molecular weight excluding hydrogens is 371 g/mol. The molecule has 5 rings (SSSR count). The van der Waals surface area contributed by atoms with Gasteiger partial charge >= 0.3 is 0 Å². The van der Waals surface area contributed by atoms with Crippen molar-refractivity contribution >= 4 is 23.2 Å². The second-order valence-corrected chi connectivity index (χ2v) is 7.57. The van der Waals surface area contributed by atoms with E-state index >= 15 is 0 Å². The van der Waals surface area contributed by atoms with Gasteiger partial charge in [0.1, 0.15) is 5.82 Å². The molecule has 2 heterocycles. The molecule has 0 atom stereocenters. The predicted molar refractivity (Wildman–Crippen MR) is 106 cm³/mol. The summed E-state index contributed by atoms with van der Waals surface area (Å²) >= 11 is 0. The summed E-state index contributed by atoms with van der Waals surface area (Å²) in [6, 6.07) is 15.1. The van der Waals surface area contributed by atoms with Crippen molar-refractivity contribution in [2.24, 2.45) is 0 Å². The molecule has 146 valence electrons. The van der Waals surface area contributed by atoms with Crippen molar-refractivity contribution in [1.82, 2.24) is 0 Å². The first-order valence-electron chi connectivity index (χ1n) is 9.63. The second-order valence-electron chi connectivity index (χ2n) is 7.57. The van der Waals surface area contributed by atoms with Crippen LogP contribution >= 0.6 is 0 Å². The monoisotopic (exact) mass is 390 g/mol. The molecule has 5 nitrogen and oxygen atoms in total. The fourth-order valence-electron chi connectivity index (χ4n) is 3.99. The SMILES string of the molecule is O=C(c1ccco1)N1CCc2ccc(NC(=O)C3(c4ccc(F)cc4)CC3)cc21. The summed E-state index contributed by atoms with van der Waals surface area (Å²) in [6.45, 7) is 0.575. The summed E-state index contributed by atoms with van der Waals surface area (Å²) in [7, 11) is 0. The summed E-state index contributed by atoms with van der Waals surface area (Å²) < 4.78 is 18.5. The van der Waals surface area contributed by atoms with E-state index in [1.807, 2.05) is 18.2 Å². The smallest absolute Gasteiger partial charge is 0.293 e. The first kappa shape index (κ1) is 17.7. The van der Waals surface area contributed by atoms with Crippen LogP contribution in [-0.2, 0) is 16.6 Å². The van der Waals surface area contributed by atoms with Crippen LogP contribution in [-0.4, -0.2) is 18.4 Å². The molecule has 1 aromatic heterocycles. The van der Waals surface area contributed by atoms with Gasteiger partial charge in [-0.25, -0.2) is 4.39 Å². The zero-order chi connectivity index (χ0) is 20.0. The Morgan fingerprint density at radius 1 is 1.07 bits per heavy atom. The molecule has 2 aromatic carbocycles. The Bertz CT molecular complexity index is 1090. The number of benzene rings is 2. The molecule has 1 saturated carbocycles. The Kier molecular flexibility index (Phi) is 4.01. The lowest BCUT2D eigenvalue weighted by Crippen LogP contribution is -2.29. The minimum Gasteiger partial charge on any atom is -0.459 e. The normalized spacial score (nSPS) is 16.4. The molecule has 0 radical (unpaired) electrons. The molecule has 29 heavy (non-hydrogen) atoms. The van der Waals surface area contributed by atoms with Crippen molar-refractivity contribution in [1.29, 1.82) is 0 Å². The van der Waals surface area contributed by atoms with Gasteiger partial charge in [0.2, 0.25) is 5.91 Å². The molecule has 1 N–H and O–H groups in total. The molecule has 1 fully saturated rings. The molecule has 1 aliphatic heterocycles. The Morgan fingerprint density at radius 2 is 1.86 bits per heavy atom. The maximum Gasteiger partial charge on any atom is 0.293 e. The van der Waals surface area contributed by atoms with Crippen molar-refractivity contribution in [3.05, 3.63) is 83.6 Å². The number of fused-ring (bicyclic) bond motifs is 1. The average molecular weight is 390 g/mol. The van der Waals surface area contributed by atoms with E-state index in [0.717, 1.165) is 36.1 Å². The zero-order valence-corrected chi connectivity index (χ0v) is 15.7. The average Bonchev–Trinajstić information content (AvgIpc) is 3.16. The van der Waals surface area contributed by atoms with Crippen LogP contribution in [0.4, 0.5) is 15.8 Å². The number of anilines is 2. The van der Waals surface area contributed by atoms with Gasteiger partial charge in [-0.2, -0.15) is 0 Å². The number of carbonyl (C=O) groups is 2.